The molecule has 0 aromatic rings. The normalized spacial score (nSPS) is 35.2. The molecule has 5 nitrogen and oxygen atoms in total. The van der Waals surface area contributed by atoms with Gasteiger partial charge < -0.3 is 10.8 Å². The molecule has 0 heterocycles. The van der Waals surface area contributed by atoms with Crippen molar-refractivity contribution in [3.05, 3.63) is 22.1 Å². The van der Waals surface area contributed by atoms with Crippen LogP contribution in [0.15, 0.2) is 16.8 Å². The summed E-state index contributed by atoms with van der Waals surface area (Å²) in [7, 11) is 0. The Hall–Kier alpha value is -1.03. The van der Waals surface area contributed by atoms with Gasteiger partial charge in [0.1, 0.15) is 0 Å². The molecule has 0 bridgehead atoms. The number of rotatable bonds is 1. The van der Waals surface area contributed by atoms with E-state index in [0.717, 1.165) is 5.57 Å². The van der Waals surface area contributed by atoms with Crippen LogP contribution in [0.3, 0.4) is 0 Å². The largest absolute Gasteiger partial charge is 0.387 e. The van der Waals surface area contributed by atoms with E-state index in [-0.39, 0.29) is 6.04 Å². The molecule has 0 aliphatic heterocycles. The molecule has 66 valence electrons. The van der Waals surface area contributed by atoms with Gasteiger partial charge in [-0.3, -0.25) is 0 Å². The maximum Gasteiger partial charge on any atom is 0.0878 e. The van der Waals surface area contributed by atoms with Crippen LogP contribution in [0.4, 0.5) is 0 Å². The fourth-order valence-electron chi connectivity index (χ4n) is 1.35. The highest BCUT2D eigenvalue weighted by Crippen LogP contribution is 2.20. The molecule has 5 heteroatoms. The SMILES string of the molecule is CC1=CC(O)C(N)C(N=[N+]=[N-])C1. The zero-order valence-corrected chi connectivity index (χ0v) is 6.88. The number of hydrogen-bond acceptors (Lipinski definition) is 3. The molecular weight excluding hydrogens is 156 g/mol. The average molecular weight is 168 g/mol. The van der Waals surface area contributed by atoms with Gasteiger partial charge in [0, 0.05) is 11.0 Å². The topological polar surface area (TPSA) is 95.0 Å². The maximum atomic E-state index is 9.36. The number of hydrogen-bond donors (Lipinski definition) is 2. The molecule has 12 heavy (non-hydrogen) atoms. The lowest BCUT2D eigenvalue weighted by Crippen LogP contribution is -2.45. The Morgan fingerprint density at radius 2 is 2.50 bits per heavy atom. The van der Waals surface area contributed by atoms with E-state index < -0.39 is 12.1 Å². The van der Waals surface area contributed by atoms with Crippen LogP contribution in [-0.4, -0.2) is 23.3 Å². The summed E-state index contributed by atoms with van der Waals surface area (Å²) in [6.45, 7) is 1.88. The average Bonchev–Trinajstić information content (AvgIpc) is 2.00. The lowest BCUT2D eigenvalue weighted by Gasteiger charge is -2.27. The lowest BCUT2D eigenvalue weighted by atomic mass is 9.90. The maximum absolute atomic E-state index is 9.36. The molecule has 1 aliphatic rings. The predicted molar refractivity (Wildman–Crippen MR) is 45.3 cm³/mol. The molecule has 3 N–H and O–H groups in total. The fraction of sp³-hybridized carbons (Fsp3) is 0.714. The third kappa shape index (κ3) is 1.76. The Bertz CT molecular complexity index is 244. The minimum Gasteiger partial charge on any atom is -0.387 e. The van der Waals surface area contributed by atoms with Gasteiger partial charge in [-0.2, -0.15) is 0 Å². The first-order valence-corrected chi connectivity index (χ1v) is 3.80. The van der Waals surface area contributed by atoms with E-state index in [0.29, 0.717) is 6.42 Å². The third-order valence-electron chi connectivity index (χ3n) is 2.03. The standard InChI is InChI=1S/C7H12N4O/c1-4-2-5(10-11-9)7(8)6(12)3-4/h3,5-7,12H,2,8H2,1H3. The highest BCUT2D eigenvalue weighted by Gasteiger charge is 2.26. The second-order valence-corrected chi connectivity index (χ2v) is 3.06. The molecule has 0 fully saturated rings. The van der Waals surface area contributed by atoms with Crippen molar-refractivity contribution in [2.75, 3.05) is 0 Å². The number of nitrogens with zero attached hydrogens (tertiary/aromatic N) is 3. The molecule has 3 atom stereocenters. The van der Waals surface area contributed by atoms with Crippen molar-refractivity contribution in [2.24, 2.45) is 10.8 Å². The van der Waals surface area contributed by atoms with Gasteiger partial charge in [0.25, 0.3) is 0 Å². The van der Waals surface area contributed by atoms with Crippen molar-refractivity contribution in [1.29, 1.82) is 0 Å². The number of azide groups is 1. The van der Waals surface area contributed by atoms with E-state index in [9.17, 15) is 5.11 Å². The second kappa shape index (κ2) is 3.58. The van der Waals surface area contributed by atoms with E-state index in [1.807, 2.05) is 6.92 Å². The first kappa shape index (κ1) is 9.06. The van der Waals surface area contributed by atoms with Crippen LogP contribution in [0.25, 0.3) is 10.4 Å². The summed E-state index contributed by atoms with van der Waals surface area (Å²) in [4.78, 5) is 2.69. The van der Waals surface area contributed by atoms with Crippen molar-refractivity contribution >= 4 is 0 Å². The van der Waals surface area contributed by atoms with Crippen molar-refractivity contribution < 1.29 is 5.11 Å². The fourth-order valence-corrected chi connectivity index (χ4v) is 1.35. The monoisotopic (exact) mass is 168 g/mol. The summed E-state index contributed by atoms with van der Waals surface area (Å²) < 4.78 is 0. The first-order valence-electron chi connectivity index (χ1n) is 3.80. The molecule has 0 saturated heterocycles. The van der Waals surface area contributed by atoms with Crippen molar-refractivity contribution in [3.63, 3.8) is 0 Å². The summed E-state index contributed by atoms with van der Waals surface area (Å²) in [5.41, 5.74) is 14.8. The van der Waals surface area contributed by atoms with Crippen LogP contribution < -0.4 is 5.73 Å². The van der Waals surface area contributed by atoms with E-state index in [2.05, 4.69) is 10.0 Å². The number of aliphatic hydroxyl groups is 1. The van der Waals surface area contributed by atoms with Gasteiger partial charge in [-0.25, -0.2) is 0 Å². The molecule has 1 aliphatic carbocycles. The first-order chi connectivity index (χ1) is 5.65. The van der Waals surface area contributed by atoms with Crippen LogP contribution >= 0.6 is 0 Å². The minimum atomic E-state index is -0.686. The zero-order valence-electron chi connectivity index (χ0n) is 6.88. The summed E-state index contributed by atoms with van der Waals surface area (Å²) >= 11 is 0. The van der Waals surface area contributed by atoms with Gasteiger partial charge in [0.2, 0.25) is 0 Å². The summed E-state index contributed by atoms with van der Waals surface area (Å²) in [6.07, 6.45) is 1.66. The summed E-state index contributed by atoms with van der Waals surface area (Å²) in [5, 5.41) is 12.9. The van der Waals surface area contributed by atoms with Crippen molar-refractivity contribution in [1.82, 2.24) is 0 Å². The molecule has 0 saturated carbocycles. The number of nitrogens with two attached hydrogens (primary N) is 1. The Kier molecular flexibility index (Phi) is 2.70. The van der Waals surface area contributed by atoms with E-state index in [1.54, 1.807) is 6.08 Å². The van der Waals surface area contributed by atoms with E-state index in [4.69, 9.17) is 11.3 Å². The number of aliphatic hydroxyl groups excluding tert-OH is 1. The van der Waals surface area contributed by atoms with E-state index in [1.165, 1.54) is 0 Å². The highest BCUT2D eigenvalue weighted by atomic mass is 16.3. The summed E-state index contributed by atoms with van der Waals surface area (Å²) in [6, 6.07) is -0.778. The molecule has 3 unspecified atom stereocenters. The molecule has 1 rings (SSSR count). The Labute approximate surface area is 70.5 Å². The van der Waals surface area contributed by atoms with Crippen molar-refractivity contribution in [3.8, 4) is 0 Å². The Balaban J connectivity index is 2.80. The summed E-state index contributed by atoms with van der Waals surface area (Å²) in [5.74, 6) is 0. The molecule has 0 aromatic heterocycles. The third-order valence-corrected chi connectivity index (χ3v) is 2.03. The van der Waals surface area contributed by atoms with Gasteiger partial charge in [-0.1, -0.05) is 16.8 Å². The highest BCUT2D eigenvalue weighted by molar-refractivity contribution is 5.14. The molecular formula is C7H12N4O. The zero-order chi connectivity index (χ0) is 9.14. The van der Waals surface area contributed by atoms with Gasteiger partial charge >= 0.3 is 0 Å². The van der Waals surface area contributed by atoms with Crippen LogP contribution in [0, 0.1) is 0 Å². The van der Waals surface area contributed by atoms with Gasteiger partial charge in [0.05, 0.1) is 12.1 Å². The predicted octanol–water partition coefficient (Wildman–Crippen LogP) is 0.704. The second-order valence-electron chi connectivity index (χ2n) is 3.06. The Morgan fingerprint density at radius 3 is 3.08 bits per heavy atom. The quantitative estimate of drug-likeness (QED) is 0.261. The van der Waals surface area contributed by atoms with Crippen LogP contribution in [0.2, 0.25) is 0 Å². The smallest absolute Gasteiger partial charge is 0.0878 e. The molecule has 0 radical (unpaired) electrons. The van der Waals surface area contributed by atoms with Crippen LogP contribution in [0.5, 0.6) is 0 Å². The van der Waals surface area contributed by atoms with Gasteiger partial charge in [0.15, 0.2) is 0 Å². The molecule has 0 amide bonds. The van der Waals surface area contributed by atoms with E-state index >= 15 is 0 Å². The Morgan fingerprint density at radius 1 is 1.83 bits per heavy atom. The van der Waals surface area contributed by atoms with Crippen LogP contribution in [0.1, 0.15) is 13.3 Å². The lowest BCUT2D eigenvalue weighted by molar-refractivity contribution is 0.168. The molecule has 0 aromatic carbocycles. The van der Waals surface area contributed by atoms with Crippen LogP contribution in [-0.2, 0) is 0 Å². The molecule has 0 spiro atoms. The van der Waals surface area contributed by atoms with Gasteiger partial charge in [-0.05, 0) is 18.9 Å². The van der Waals surface area contributed by atoms with Crippen molar-refractivity contribution in [2.45, 2.75) is 31.5 Å². The van der Waals surface area contributed by atoms with Gasteiger partial charge in [-0.15, -0.1) is 0 Å². The minimum absolute atomic E-state index is 0.310.